The number of rotatable bonds is 10. The zero-order chi connectivity index (χ0) is 32.8. The van der Waals surface area contributed by atoms with Gasteiger partial charge in [0.05, 0.1) is 33.0 Å². The molecule has 0 amide bonds. The van der Waals surface area contributed by atoms with E-state index < -0.39 is 35.9 Å². The summed E-state index contributed by atoms with van der Waals surface area (Å²) in [5.74, 6) is 0.935. The number of aromatic nitrogens is 4. The van der Waals surface area contributed by atoms with Crippen LogP contribution in [0.1, 0.15) is 42.6 Å². The third kappa shape index (κ3) is 5.57. The van der Waals surface area contributed by atoms with Crippen molar-refractivity contribution in [1.29, 1.82) is 0 Å². The molecule has 11 nitrogen and oxygen atoms in total. The van der Waals surface area contributed by atoms with Crippen LogP contribution in [0.15, 0.2) is 90.0 Å². The fourth-order valence-electron chi connectivity index (χ4n) is 6.52. The molecule has 4 atom stereocenters. The monoisotopic (exact) mass is 658 g/mol. The number of H-pyrrole nitrogens is 1. The maximum absolute atomic E-state index is 12.7. The van der Waals surface area contributed by atoms with Gasteiger partial charge in [0.15, 0.2) is 23.2 Å². The van der Waals surface area contributed by atoms with Crippen LogP contribution < -0.4 is 15.0 Å². The molecule has 2 aliphatic rings. The molecule has 0 spiro atoms. The van der Waals surface area contributed by atoms with E-state index in [-0.39, 0.29) is 23.6 Å². The summed E-state index contributed by atoms with van der Waals surface area (Å²) in [4.78, 5) is 24.3. The lowest BCUT2D eigenvalue weighted by Crippen LogP contribution is -2.39. The lowest BCUT2D eigenvalue weighted by molar-refractivity contribution is -0.204. The molecule has 0 saturated carbocycles. The normalized spacial score (nSPS) is 22.0. The Kier molecular flexibility index (Phi) is 8.27. The zero-order valence-corrected chi connectivity index (χ0v) is 27.1. The van der Waals surface area contributed by atoms with Crippen molar-refractivity contribution in [3.63, 3.8) is 0 Å². The molecule has 0 radical (unpaired) electrons. The van der Waals surface area contributed by atoms with Gasteiger partial charge in [0.25, 0.3) is 5.56 Å². The SMILES string of the molecule is COc1ccc(C(OC[C@@H]2O[C@H](n3cnc4c(=O)[nH]c(CCl)nc43)[C@H]3OC(C)(C)O[C@H]32)(c2ccccc2)c2ccc(OC)cc2)cc1. The van der Waals surface area contributed by atoms with Gasteiger partial charge in [0.1, 0.15) is 41.2 Å². The van der Waals surface area contributed by atoms with E-state index in [1.54, 1.807) is 18.8 Å². The second kappa shape index (κ2) is 12.4. The van der Waals surface area contributed by atoms with Crippen molar-refractivity contribution in [2.75, 3.05) is 20.8 Å². The molecule has 7 rings (SSSR count). The van der Waals surface area contributed by atoms with Crippen molar-refractivity contribution < 1.29 is 28.4 Å². The third-order valence-electron chi connectivity index (χ3n) is 8.64. The molecule has 47 heavy (non-hydrogen) atoms. The van der Waals surface area contributed by atoms with Crippen LogP contribution >= 0.6 is 11.6 Å². The Morgan fingerprint density at radius 1 is 0.894 bits per heavy atom. The molecule has 0 aliphatic carbocycles. The molecule has 0 unspecified atom stereocenters. The predicted molar refractivity (Wildman–Crippen MR) is 174 cm³/mol. The molecule has 4 heterocycles. The summed E-state index contributed by atoms with van der Waals surface area (Å²) < 4.78 is 39.3. The molecular formula is C35H35ClN4O7. The predicted octanol–water partition coefficient (Wildman–Crippen LogP) is 5.30. The van der Waals surface area contributed by atoms with Gasteiger partial charge in [-0.1, -0.05) is 54.6 Å². The second-order valence-corrected chi connectivity index (χ2v) is 12.2. The Bertz CT molecular complexity index is 1860. The van der Waals surface area contributed by atoms with Crippen LogP contribution in [-0.2, 0) is 30.4 Å². The van der Waals surface area contributed by atoms with Crippen molar-refractivity contribution in [3.05, 3.63) is 118 Å². The van der Waals surface area contributed by atoms with E-state index in [1.807, 2.05) is 92.7 Å². The van der Waals surface area contributed by atoms with Gasteiger partial charge < -0.3 is 33.4 Å². The standard InChI is InChI=1S/C35H35ClN4O7/c1-34(2)46-29-26(45-33(30(29)47-34)40-20-37-28-31(40)38-27(18-36)39-32(28)41)19-44-35(21-8-6-5-7-9-21,22-10-14-24(42-3)15-11-22)23-12-16-25(43-4)17-13-23/h5-17,20,26,29-30,33H,18-19H2,1-4H3,(H,38,39,41)/t26-,29-,30-,33-/m0/s1. The minimum Gasteiger partial charge on any atom is -0.497 e. The molecule has 2 aliphatic heterocycles. The summed E-state index contributed by atoms with van der Waals surface area (Å²) >= 11 is 6.03. The molecule has 2 aromatic heterocycles. The molecular weight excluding hydrogens is 624 g/mol. The van der Waals surface area contributed by atoms with Crippen LogP contribution in [-0.4, -0.2) is 64.4 Å². The van der Waals surface area contributed by atoms with E-state index in [9.17, 15) is 4.79 Å². The average Bonchev–Trinajstić information content (AvgIpc) is 3.76. The maximum Gasteiger partial charge on any atom is 0.279 e. The summed E-state index contributed by atoms with van der Waals surface area (Å²) in [6, 6.07) is 25.7. The van der Waals surface area contributed by atoms with Crippen molar-refractivity contribution in [2.24, 2.45) is 0 Å². The first-order valence-corrected chi connectivity index (χ1v) is 15.8. The molecule has 1 N–H and O–H groups in total. The topological polar surface area (TPSA) is 119 Å². The van der Waals surface area contributed by atoms with Crippen LogP contribution in [0.5, 0.6) is 11.5 Å². The Hall–Kier alpha value is -4.26. The van der Waals surface area contributed by atoms with Gasteiger partial charge in [-0.05, 0) is 54.8 Å². The van der Waals surface area contributed by atoms with Gasteiger partial charge in [-0.3, -0.25) is 9.36 Å². The molecule has 2 fully saturated rings. The fraction of sp³-hybridized carbons (Fsp3) is 0.343. The van der Waals surface area contributed by atoms with Crippen LogP contribution in [0, 0.1) is 0 Å². The summed E-state index contributed by atoms with van der Waals surface area (Å²) in [5, 5.41) is 0. The van der Waals surface area contributed by atoms with Gasteiger partial charge in [-0.2, -0.15) is 0 Å². The number of alkyl halides is 1. The van der Waals surface area contributed by atoms with E-state index >= 15 is 0 Å². The lowest BCUT2D eigenvalue weighted by atomic mass is 9.80. The van der Waals surface area contributed by atoms with E-state index in [1.165, 1.54) is 6.33 Å². The number of halogens is 1. The highest BCUT2D eigenvalue weighted by atomic mass is 35.5. The largest absolute Gasteiger partial charge is 0.497 e. The maximum atomic E-state index is 12.7. The number of hydrogen-bond donors (Lipinski definition) is 1. The summed E-state index contributed by atoms with van der Waals surface area (Å²) in [7, 11) is 3.28. The summed E-state index contributed by atoms with van der Waals surface area (Å²) in [6.07, 6.45) is -0.774. The third-order valence-corrected chi connectivity index (χ3v) is 8.90. The Morgan fingerprint density at radius 3 is 2.09 bits per heavy atom. The van der Waals surface area contributed by atoms with Gasteiger partial charge in [0.2, 0.25) is 0 Å². The molecule has 0 bridgehead atoms. The van der Waals surface area contributed by atoms with Crippen LogP contribution in [0.3, 0.4) is 0 Å². The highest BCUT2D eigenvalue weighted by Gasteiger charge is 2.57. The molecule has 12 heteroatoms. The van der Waals surface area contributed by atoms with Crippen LogP contribution in [0.2, 0.25) is 0 Å². The number of nitrogens with zero attached hydrogens (tertiary/aromatic N) is 3. The summed E-state index contributed by atoms with van der Waals surface area (Å²) in [5.41, 5.74) is 1.79. The molecule has 2 saturated heterocycles. The molecule has 5 aromatic rings. The number of fused-ring (bicyclic) bond motifs is 2. The lowest BCUT2D eigenvalue weighted by Gasteiger charge is -2.37. The van der Waals surface area contributed by atoms with Gasteiger partial charge in [-0.15, -0.1) is 11.6 Å². The molecule has 3 aromatic carbocycles. The number of methoxy groups -OCH3 is 2. The number of imidazole rings is 1. The minimum absolute atomic E-state index is 0.0370. The minimum atomic E-state index is -1.06. The van der Waals surface area contributed by atoms with Crippen molar-refractivity contribution in [3.8, 4) is 11.5 Å². The van der Waals surface area contributed by atoms with E-state index in [4.69, 9.17) is 40.0 Å². The van der Waals surface area contributed by atoms with Gasteiger partial charge in [-0.25, -0.2) is 9.97 Å². The number of benzene rings is 3. The average molecular weight is 659 g/mol. The Balaban J connectivity index is 1.30. The Morgan fingerprint density at radius 2 is 1.49 bits per heavy atom. The number of hydrogen-bond acceptors (Lipinski definition) is 9. The summed E-state index contributed by atoms with van der Waals surface area (Å²) in [6.45, 7) is 3.85. The first-order valence-electron chi connectivity index (χ1n) is 15.3. The first kappa shape index (κ1) is 31.3. The van der Waals surface area contributed by atoms with E-state index in [2.05, 4.69) is 15.0 Å². The highest BCUT2D eigenvalue weighted by Crippen LogP contribution is 2.46. The van der Waals surface area contributed by atoms with Crippen LogP contribution in [0.25, 0.3) is 11.2 Å². The first-order chi connectivity index (χ1) is 22.8. The second-order valence-electron chi connectivity index (χ2n) is 11.9. The number of nitrogens with one attached hydrogen (secondary N) is 1. The van der Waals surface area contributed by atoms with Crippen molar-refractivity contribution in [1.82, 2.24) is 19.5 Å². The number of ether oxygens (including phenoxy) is 6. The van der Waals surface area contributed by atoms with Crippen molar-refractivity contribution >= 4 is 22.8 Å². The highest BCUT2D eigenvalue weighted by molar-refractivity contribution is 6.16. The van der Waals surface area contributed by atoms with Crippen molar-refractivity contribution in [2.45, 2.75) is 55.7 Å². The smallest absolute Gasteiger partial charge is 0.279 e. The Labute approximate surface area is 276 Å². The zero-order valence-electron chi connectivity index (χ0n) is 26.4. The fourth-order valence-corrected chi connectivity index (χ4v) is 6.65. The quantitative estimate of drug-likeness (QED) is 0.157. The van der Waals surface area contributed by atoms with E-state index in [0.717, 1.165) is 28.2 Å². The van der Waals surface area contributed by atoms with E-state index in [0.29, 0.717) is 11.5 Å². The number of aromatic amines is 1. The van der Waals surface area contributed by atoms with Crippen LogP contribution in [0.4, 0.5) is 0 Å². The molecule has 244 valence electrons. The van der Waals surface area contributed by atoms with Gasteiger partial charge in [0, 0.05) is 0 Å². The van der Waals surface area contributed by atoms with Gasteiger partial charge >= 0.3 is 0 Å².